The third-order valence-electron chi connectivity index (χ3n) is 3.40. The second kappa shape index (κ2) is 5.29. The van der Waals surface area contributed by atoms with Gasteiger partial charge >= 0.3 is 0 Å². The van der Waals surface area contributed by atoms with Crippen molar-refractivity contribution in [2.24, 2.45) is 5.92 Å². The van der Waals surface area contributed by atoms with Gasteiger partial charge in [-0.15, -0.1) is 0 Å². The summed E-state index contributed by atoms with van der Waals surface area (Å²) >= 11 is 0. The van der Waals surface area contributed by atoms with Crippen LogP contribution in [0.2, 0.25) is 0 Å². The Balaban J connectivity index is 2.70. The molecule has 0 aliphatic carbocycles. The zero-order valence-electron chi connectivity index (χ0n) is 12.1. The lowest BCUT2D eigenvalue weighted by atomic mass is 9.85. The molecule has 0 spiro atoms. The lowest BCUT2D eigenvalue weighted by molar-refractivity contribution is -0.145. The molecule has 1 saturated heterocycles. The molecule has 1 aliphatic heterocycles. The summed E-state index contributed by atoms with van der Waals surface area (Å²) in [5, 5.41) is 19.8. The Bertz CT molecular complexity index is 303. The van der Waals surface area contributed by atoms with Crippen LogP contribution in [-0.2, 0) is 9.47 Å². The van der Waals surface area contributed by atoms with Crippen LogP contribution in [0.4, 0.5) is 0 Å². The van der Waals surface area contributed by atoms with Gasteiger partial charge < -0.3 is 19.7 Å². The highest BCUT2D eigenvalue weighted by atomic mass is 16.7. The van der Waals surface area contributed by atoms with Crippen molar-refractivity contribution in [1.29, 1.82) is 0 Å². The fourth-order valence-electron chi connectivity index (χ4n) is 2.11. The highest BCUT2D eigenvalue weighted by molar-refractivity contribution is 5.03. The van der Waals surface area contributed by atoms with Crippen LogP contribution >= 0.6 is 0 Å². The van der Waals surface area contributed by atoms with Gasteiger partial charge in [-0.2, -0.15) is 0 Å². The van der Waals surface area contributed by atoms with Gasteiger partial charge in [0.1, 0.15) is 0 Å². The molecule has 0 bridgehead atoms. The van der Waals surface area contributed by atoms with Crippen LogP contribution in [0.1, 0.15) is 41.0 Å². The number of aliphatic hydroxyl groups excluding tert-OH is 1. The molecule has 3 atom stereocenters. The largest absolute Gasteiger partial charge is 0.390 e. The molecule has 1 fully saturated rings. The predicted octanol–water partition coefficient (Wildman–Crippen LogP) is 1.85. The molecule has 0 unspecified atom stereocenters. The summed E-state index contributed by atoms with van der Waals surface area (Å²) in [6.45, 7) is 13.3. The minimum Gasteiger partial charge on any atom is -0.390 e. The second-order valence-corrected chi connectivity index (χ2v) is 6.23. The van der Waals surface area contributed by atoms with Crippen molar-refractivity contribution in [2.45, 2.75) is 64.6 Å². The molecule has 4 heteroatoms. The molecular weight excluding hydrogens is 232 g/mol. The zero-order valence-corrected chi connectivity index (χ0v) is 12.1. The van der Waals surface area contributed by atoms with Crippen LogP contribution in [0, 0.1) is 5.92 Å². The Morgan fingerprint density at radius 2 is 2.06 bits per heavy atom. The van der Waals surface area contributed by atoms with Gasteiger partial charge in [-0.1, -0.05) is 12.2 Å². The average Bonchev–Trinajstić information content (AvgIpc) is 2.52. The van der Waals surface area contributed by atoms with Crippen molar-refractivity contribution in [3.05, 3.63) is 12.2 Å². The molecule has 0 aromatic carbocycles. The van der Waals surface area contributed by atoms with Gasteiger partial charge in [0, 0.05) is 5.92 Å². The van der Waals surface area contributed by atoms with Crippen LogP contribution in [0.15, 0.2) is 12.2 Å². The van der Waals surface area contributed by atoms with E-state index in [9.17, 15) is 10.2 Å². The number of rotatable bonds is 5. The Labute approximate surface area is 110 Å². The van der Waals surface area contributed by atoms with Crippen molar-refractivity contribution < 1.29 is 19.7 Å². The van der Waals surface area contributed by atoms with E-state index in [4.69, 9.17) is 9.47 Å². The fourth-order valence-corrected chi connectivity index (χ4v) is 2.11. The third-order valence-corrected chi connectivity index (χ3v) is 3.40. The first-order valence-electron chi connectivity index (χ1n) is 6.40. The molecule has 106 valence electrons. The third kappa shape index (κ3) is 4.05. The molecule has 0 aromatic heterocycles. The second-order valence-electron chi connectivity index (χ2n) is 6.23. The van der Waals surface area contributed by atoms with Gasteiger partial charge in [-0.3, -0.25) is 0 Å². The lowest BCUT2D eigenvalue weighted by Crippen LogP contribution is -2.40. The van der Waals surface area contributed by atoms with E-state index in [1.54, 1.807) is 13.8 Å². The van der Waals surface area contributed by atoms with Gasteiger partial charge in [-0.25, -0.2) is 0 Å². The molecule has 0 amide bonds. The first-order chi connectivity index (χ1) is 8.03. The molecule has 0 saturated carbocycles. The molecule has 2 N–H and O–H groups in total. The Morgan fingerprint density at radius 1 is 1.50 bits per heavy atom. The van der Waals surface area contributed by atoms with Crippen molar-refractivity contribution in [3.63, 3.8) is 0 Å². The number of hydrogen-bond acceptors (Lipinski definition) is 4. The average molecular weight is 258 g/mol. The number of ether oxygens (including phenoxy) is 2. The fraction of sp³-hybridized carbons (Fsp3) is 0.857. The van der Waals surface area contributed by atoms with E-state index in [0.29, 0.717) is 13.0 Å². The minimum atomic E-state index is -1.12. The molecule has 0 radical (unpaired) electrons. The van der Waals surface area contributed by atoms with E-state index < -0.39 is 17.5 Å². The Morgan fingerprint density at radius 3 is 2.39 bits per heavy atom. The lowest BCUT2D eigenvalue weighted by Gasteiger charge is -2.31. The summed E-state index contributed by atoms with van der Waals surface area (Å²) in [7, 11) is 0. The highest BCUT2D eigenvalue weighted by Crippen LogP contribution is 2.33. The number of aliphatic hydroxyl groups is 2. The van der Waals surface area contributed by atoms with Crippen LogP contribution in [-0.4, -0.2) is 40.4 Å². The summed E-state index contributed by atoms with van der Waals surface area (Å²) in [5.41, 5.74) is -0.188. The molecule has 0 aromatic rings. The van der Waals surface area contributed by atoms with Crippen molar-refractivity contribution in [2.75, 3.05) is 6.61 Å². The van der Waals surface area contributed by atoms with Crippen LogP contribution < -0.4 is 0 Å². The van der Waals surface area contributed by atoms with E-state index in [-0.39, 0.29) is 12.0 Å². The van der Waals surface area contributed by atoms with E-state index >= 15 is 0 Å². The summed E-state index contributed by atoms with van der Waals surface area (Å²) < 4.78 is 11.4. The standard InChI is InChI=1S/C14H26O4/c1-9(2)10(7-12(15)13(3,4)16)11-8-17-14(5,6)18-11/h10-12,15-16H,1,7-8H2,2-6H3/t10-,11-,12+/m1/s1. The zero-order chi connectivity index (χ0) is 14.1. The summed E-state index contributed by atoms with van der Waals surface area (Å²) in [5.74, 6) is -0.605. The van der Waals surface area contributed by atoms with Gasteiger partial charge in [0.2, 0.25) is 0 Å². The SMILES string of the molecule is C=C(C)[C@@H](C[C@H](O)C(C)(C)O)[C@H]1COC(C)(C)O1. The molecule has 4 nitrogen and oxygen atoms in total. The van der Waals surface area contributed by atoms with Gasteiger partial charge in [-0.05, 0) is 41.0 Å². The molecule has 18 heavy (non-hydrogen) atoms. The monoisotopic (exact) mass is 258 g/mol. The topological polar surface area (TPSA) is 58.9 Å². The normalized spacial score (nSPS) is 26.9. The van der Waals surface area contributed by atoms with E-state index in [2.05, 4.69) is 6.58 Å². The van der Waals surface area contributed by atoms with Gasteiger partial charge in [0.05, 0.1) is 24.4 Å². The first-order valence-corrected chi connectivity index (χ1v) is 6.40. The van der Waals surface area contributed by atoms with E-state index in [1.165, 1.54) is 0 Å². The summed E-state index contributed by atoms with van der Waals surface area (Å²) in [6.07, 6.45) is -0.510. The first kappa shape index (κ1) is 15.6. The highest BCUT2D eigenvalue weighted by Gasteiger charge is 2.39. The maximum Gasteiger partial charge on any atom is 0.163 e. The van der Waals surface area contributed by atoms with Crippen molar-refractivity contribution in [1.82, 2.24) is 0 Å². The van der Waals surface area contributed by atoms with Crippen molar-refractivity contribution >= 4 is 0 Å². The summed E-state index contributed by atoms with van der Waals surface area (Å²) in [4.78, 5) is 0. The molecule has 1 aliphatic rings. The van der Waals surface area contributed by atoms with E-state index in [0.717, 1.165) is 5.57 Å². The summed E-state index contributed by atoms with van der Waals surface area (Å²) in [6, 6.07) is 0. The quantitative estimate of drug-likeness (QED) is 0.739. The molecule has 1 rings (SSSR count). The number of hydrogen-bond donors (Lipinski definition) is 2. The minimum absolute atomic E-state index is 0.0202. The van der Waals surface area contributed by atoms with Crippen LogP contribution in [0.3, 0.4) is 0 Å². The Kier molecular flexibility index (Phi) is 4.60. The molecule has 1 heterocycles. The molecular formula is C14H26O4. The van der Waals surface area contributed by atoms with Crippen LogP contribution in [0.5, 0.6) is 0 Å². The van der Waals surface area contributed by atoms with E-state index in [1.807, 2.05) is 20.8 Å². The van der Waals surface area contributed by atoms with Gasteiger partial charge in [0.15, 0.2) is 5.79 Å². The maximum atomic E-state index is 10.0. The van der Waals surface area contributed by atoms with Gasteiger partial charge in [0.25, 0.3) is 0 Å². The van der Waals surface area contributed by atoms with Crippen molar-refractivity contribution in [3.8, 4) is 0 Å². The Hall–Kier alpha value is -0.420. The maximum absolute atomic E-state index is 10.0. The predicted molar refractivity (Wildman–Crippen MR) is 70.1 cm³/mol. The van der Waals surface area contributed by atoms with Crippen LogP contribution in [0.25, 0.3) is 0 Å². The smallest absolute Gasteiger partial charge is 0.163 e.